The van der Waals surface area contributed by atoms with E-state index in [-0.39, 0.29) is 23.3 Å². The highest BCUT2D eigenvalue weighted by molar-refractivity contribution is 7.99. The van der Waals surface area contributed by atoms with Crippen molar-refractivity contribution in [3.05, 3.63) is 77.4 Å². The lowest BCUT2D eigenvalue weighted by Crippen LogP contribution is -2.09. The number of hydrogen-bond donors (Lipinski definition) is 1. The predicted octanol–water partition coefficient (Wildman–Crippen LogP) is 5.95. The molecule has 0 bridgehead atoms. The number of carbonyl (C=O) groups is 1. The molecule has 0 fully saturated rings. The van der Waals surface area contributed by atoms with Crippen molar-refractivity contribution in [2.75, 3.05) is 5.75 Å². The van der Waals surface area contributed by atoms with Gasteiger partial charge in [0.05, 0.1) is 16.9 Å². The third kappa shape index (κ3) is 5.18. The Morgan fingerprint density at radius 3 is 2.61 bits per heavy atom. The van der Waals surface area contributed by atoms with Crippen molar-refractivity contribution in [3.8, 4) is 23.3 Å². The van der Waals surface area contributed by atoms with Gasteiger partial charge in [0.2, 0.25) is 5.89 Å². The minimum Gasteiger partial charge on any atom is -0.478 e. The number of aromatic nitrogens is 2. The molecule has 1 N–H and O–H groups in total. The van der Waals surface area contributed by atoms with E-state index in [9.17, 15) is 23.1 Å². The van der Waals surface area contributed by atoms with Gasteiger partial charge in [-0.2, -0.15) is 13.2 Å². The molecule has 4 rings (SSSR count). The van der Waals surface area contributed by atoms with Gasteiger partial charge in [-0.15, -0.1) is 10.2 Å². The lowest BCUT2D eigenvalue weighted by molar-refractivity contribution is -0.137. The number of fused-ring (bicyclic) bond motifs is 1. The molecule has 0 amide bonds. The van der Waals surface area contributed by atoms with Gasteiger partial charge in [0.25, 0.3) is 5.22 Å². The van der Waals surface area contributed by atoms with Crippen LogP contribution in [-0.2, 0) is 12.6 Å². The monoisotopic (exact) mass is 468 g/mol. The van der Waals surface area contributed by atoms with Crippen molar-refractivity contribution < 1.29 is 27.5 Å². The molecule has 0 saturated carbocycles. The standard InChI is InChI=1S/C24H15F3N2O3S/c25-24(26,27)17-11-12-19(22(30)31)16(14-17)7-3-4-13-33-23-29-28-21(32-23)20-10-5-8-15-6-1-2-9-18(15)20/h1-2,5-6,8-12,14H,7,13H2,(H,30,31). The van der Waals surface area contributed by atoms with E-state index in [0.717, 1.165) is 34.5 Å². The molecule has 0 atom stereocenters. The molecule has 0 unspecified atom stereocenters. The Morgan fingerprint density at radius 2 is 1.82 bits per heavy atom. The number of nitrogens with zero attached hydrogens (tertiary/aromatic N) is 2. The van der Waals surface area contributed by atoms with Gasteiger partial charge in [0, 0.05) is 12.0 Å². The van der Waals surface area contributed by atoms with E-state index in [1.54, 1.807) is 0 Å². The number of aromatic carboxylic acids is 1. The molecule has 166 valence electrons. The van der Waals surface area contributed by atoms with Crippen molar-refractivity contribution in [2.24, 2.45) is 0 Å². The zero-order valence-corrected chi connectivity index (χ0v) is 17.7. The molecule has 0 spiro atoms. The maximum absolute atomic E-state index is 12.9. The normalized spacial score (nSPS) is 11.2. The molecule has 1 aromatic heterocycles. The van der Waals surface area contributed by atoms with Gasteiger partial charge in [-0.3, -0.25) is 0 Å². The quantitative estimate of drug-likeness (QED) is 0.288. The largest absolute Gasteiger partial charge is 0.478 e. The number of carboxylic acids is 1. The Kier molecular flexibility index (Phi) is 6.38. The number of hydrogen-bond acceptors (Lipinski definition) is 5. The van der Waals surface area contributed by atoms with Gasteiger partial charge >= 0.3 is 12.1 Å². The Hall–Kier alpha value is -3.77. The summed E-state index contributed by atoms with van der Waals surface area (Å²) >= 11 is 1.18. The van der Waals surface area contributed by atoms with Crippen LogP contribution in [0.1, 0.15) is 21.5 Å². The molecule has 0 saturated heterocycles. The predicted molar refractivity (Wildman–Crippen MR) is 118 cm³/mol. The second kappa shape index (κ2) is 9.38. The summed E-state index contributed by atoms with van der Waals surface area (Å²) < 4.78 is 44.5. The summed E-state index contributed by atoms with van der Waals surface area (Å²) in [5, 5.41) is 19.6. The second-order valence-electron chi connectivity index (χ2n) is 6.89. The summed E-state index contributed by atoms with van der Waals surface area (Å²) in [5.41, 5.74) is -0.303. The molecule has 0 aliphatic carbocycles. The zero-order chi connectivity index (χ0) is 23.4. The smallest absolute Gasteiger partial charge is 0.416 e. The van der Waals surface area contributed by atoms with Crippen molar-refractivity contribution in [3.63, 3.8) is 0 Å². The zero-order valence-electron chi connectivity index (χ0n) is 16.9. The van der Waals surface area contributed by atoms with Crippen LogP contribution in [0.3, 0.4) is 0 Å². The van der Waals surface area contributed by atoms with Crippen LogP contribution >= 0.6 is 11.8 Å². The molecule has 33 heavy (non-hydrogen) atoms. The van der Waals surface area contributed by atoms with E-state index in [1.165, 1.54) is 11.8 Å². The molecule has 0 radical (unpaired) electrons. The lowest BCUT2D eigenvalue weighted by atomic mass is 10.0. The van der Waals surface area contributed by atoms with Crippen molar-refractivity contribution >= 4 is 28.5 Å². The van der Waals surface area contributed by atoms with E-state index < -0.39 is 17.7 Å². The van der Waals surface area contributed by atoms with Crippen LogP contribution in [0.15, 0.2) is 70.3 Å². The highest BCUT2D eigenvalue weighted by atomic mass is 32.2. The molecule has 0 aliphatic heterocycles. The van der Waals surface area contributed by atoms with Crippen LogP contribution in [-0.4, -0.2) is 27.0 Å². The number of alkyl halides is 3. The van der Waals surface area contributed by atoms with Crippen molar-refractivity contribution in [1.82, 2.24) is 10.2 Å². The number of halogens is 3. The Labute approximate surface area is 190 Å². The summed E-state index contributed by atoms with van der Waals surface area (Å²) in [6, 6.07) is 16.1. The van der Waals surface area contributed by atoms with Crippen molar-refractivity contribution in [1.29, 1.82) is 0 Å². The average molecular weight is 468 g/mol. The van der Waals surface area contributed by atoms with Crippen LogP contribution in [0.4, 0.5) is 13.2 Å². The van der Waals surface area contributed by atoms with Gasteiger partial charge in [-0.1, -0.05) is 60.0 Å². The van der Waals surface area contributed by atoms with Crippen LogP contribution in [0.2, 0.25) is 0 Å². The fourth-order valence-corrected chi connectivity index (χ4v) is 3.75. The van der Waals surface area contributed by atoms with Crippen LogP contribution < -0.4 is 0 Å². The van der Waals surface area contributed by atoms with Crippen molar-refractivity contribution in [2.45, 2.75) is 17.8 Å². The first-order chi connectivity index (χ1) is 15.8. The van der Waals surface area contributed by atoms with Crippen LogP contribution in [0.5, 0.6) is 0 Å². The molecular formula is C24H15F3N2O3S. The topological polar surface area (TPSA) is 76.2 Å². The first-order valence-electron chi connectivity index (χ1n) is 9.66. The van der Waals surface area contributed by atoms with Gasteiger partial charge < -0.3 is 9.52 Å². The fraction of sp³-hybridized carbons (Fsp3) is 0.125. The molecule has 3 aromatic carbocycles. The lowest BCUT2D eigenvalue weighted by Gasteiger charge is -2.09. The second-order valence-corrected chi connectivity index (χ2v) is 7.82. The highest BCUT2D eigenvalue weighted by Gasteiger charge is 2.31. The summed E-state index contributed by atoms with van der Waals surface area (Å²) in [5.74, 6) is 4.83. The summed E-state index contributed by atoms with van der Waals surface area (Å²) in [4.78, 5) is 11.3. The third-order valence-corrected chi connectivity index (χ3v) is 5.46. The van der Waals surface area contributed by atoms with Gasteiger partial charge in [0.1, 0.15) is 0 Å². The maximum Gasteiger partial charge on any atom is 0.416 e. The summed E-state index contributed by atoms with van der Waals surface area (Å²) in [7, 11) is 0. The van der Waals surface area contributed by atoms with Crippen LogP contribution in [0.25, 0.3) is 22.2 Å². The summed E-state index contributed by atoms with van der Waals surface area (Å²) in [6.07, 6.45) is -4.69. The van der Waals surface area contributed by atoms with E-state index >= 15 is 0 Å². The van der Waals surface area contributed by atoms with Gasteiger partial charge in [-0.25, -0.2) is 4.79 Å². The number of benzene rings is 3. The Balaban J connectivity index is 1.43. The molecule has 0 aliphatic rings. The van der Waals surface area contributed by atoms with Crippen LogP contribution in [0, 0.1) is 11.8 Å². The number of thioether (sulfide) groups is 1. The minimum atomic E-state index is -4.56. The molecule has 4 aromatic rings. The third-order valence-electron chi connectivity index (χ3n) is 4.76. The number of rotatable bonds is 5. The summed E-state index contributed by atoms with van der Waals surface area (Å²) in [6.45, 7) is 0. The average Bonchev–Trinajstić information content (AvgIpc) is 3.26. The maximum atomic E-state index is 12.9. The molecular weight excluding hydrogens is 453 g/mol. The van der Waals surface area contributed by atoms with E-state index in [1.807, 2.05) is 42.5 Å². The molecule has 9 heteroatoms. The van der Waals surface area contributed by atoms with E-state index in [4.69, 9.17) is 4.42 Å². The van der Waals surface area contributed by atoms with Gasteiger partial charge in [-0.05, 0) is 40.6 Å². The fourth-order valence-electron chi connectivity index (χ4n) is 3.22. The Morgan fingerprint density at radius 1 is 1.03 bits per heavy atom. The highest BCUT2D eigenvalue weighted by Crippen LogP contribution is 2.31. The first-order valence-corrected chi connectivity index (χ1v) is 10.6. The minimum absolute atomic E-state index is 0.00542. The first kappa shape index (κ1) is 22.4. The molecule has 1 heterocycles. The Bertz CT molecular complexity index is 1380. The SMILES string of the molecule is O=C(O)c1ccc(C(F)(F)F)cc1CC#CCSc1nnc(-c2cccc3ccccc23)o1. The van der Waals surface area contributed by atoms with E-state index in [2.05, 4.69) is 22.0 Å². The number of carboxylic acid groups (broad SMARTS) is 1. The van der Waals surface area contributed by atoms with E-state index in [0.29, 0.717) is 11.1 Å². The van der Waals surface area contributed by atoms with Gasteiger partial charge in [0.15, 0.2) is 0 Å². The molecule has 5 nitrogen and oxygen atoms in total.